The Morgan fingerprint density at radius 1 is 1.25 bits per heavy atom. The minimum absolute atomic E-state index is 0.197. The molecule has 0 saturated heterocycles. The van der Waals surface area contributed by atoms with Crippen LogP contribution in [-0.4, -0.2) is 20.1 Å². The Balaban J connectivity index is 2.90. The predicted octanol–water partition coefficient (Wildman–Crippen LogP) is 1.37. The van der Waals surface area contributed by atoms with E-state index in [1.54, 1.807) is 27.2 Å². The van der Waals surface area contributed by atoms with Crippen LogP contribution in [0, 0.1) is 5.92 Å². The van der Waals surface area contributed by atoms with E-state index in [0.29, 0.717) is 17.9 Å². The van der Waals surface area contributed by atoms with Gasteiger partial charge in [-0.25, -0.2) is 0 Å². The van der Waals surface area contributed by atoms with Crippen molar-refractivity contribution in [3.8, 4) is 11.5 Å². The van der Waals surface area contributed by atoms with Gasteiger partial charge in [-0.3, -0.25) is 4.79 Å². The number of nitrogens with two attached hydrogens (primary N) is 1. The smallest absolute Gasteiger partial charge is 0.220 e. The number of methoxy groups -OCH3 is 2. The predicted molar refractivity (Wildman–Crippen MR) is 61.6 cm³/mol. The molecule has 0 aromatic heterocycles. The maximum atomic E-state index is 11.0. The van der Waals surface area contributed by atoms with Crippen molar-refractivity contribution in [2.45, 2.75) is 13.3 Å². The Kier molecular flexibility index (Phi) is 4.17. The van der Waals surface area contributed by atoms with E-state index < -0.39 is 0 Å². The zero-order valence-corrected chi connectivity index (χ0v) is 9.82. The Morgan fingerprint density at radius 2 is 1.75 bits per heavy atom. The van der Waals surface area contributed by atoms with Crippen LogP contribution in [0.3, 0.4) is 0 Å². The van der Waals surface area contributed by atoms with Crippen molar-refractivity contribution in [3.63, 3.8) is 0 Å². The summed E-state index contributed by atoms with van der Waals surface area (Å²) in [5.41, 5.74) is 6.20. The third kappa shape index (κ3) is 3.15. The number of benzene rings is 1. The lowest BCUT2D eigenvalue weighted by Crippen LogP contribution is -2.22. The van der Waals surface area contributed by atoms with Gasteiger partial charge >= 0.3 is 0 Å². The molecule has 1 aromatic rings. The van der Waals surface area contributed by atoms with Gasteiger partial charge in [-0.05, 0) is 24.1 Å². The molecule has 0 aliphatic rings. The van der Waals surface area contributed by atoms with Gasteiger partial charge in [-0.15, -0.1) is 0 Å². The first-order valence-corrected chi connectivity index (χ1v) is 5.08. The molecule has 1 rings (SSSR count). The molecule has 1 atom stereocenters. The molecule has 0 aliphatic carbocycles. The first-order valence-electron chi connectivity index (χ1n) is 5.08. The fourth-order valence-electron chi connectivity index (χ4n) is 1.44. The van der Waals surface area contributed by atoms with Gasteiger partial charge in [-0.2, -0.15) is 0 Å². The molecule has 4 heteroatoms. The van der Waals surface area contributed by atoms with Crippen LogP contribution in [0.1, 0.15) is 12.5 Å². The molecule has 88 valence electrons. The fraction of sp³-hybridized carbons (Fsp3) is 0.417. The van der Waals surface area contributed by atoms with Crippen molar-refractivity contribution >= 4 is 5.91 Å². The van der Waals surface area contributed by atoms with E-state index in [9.17, 15) is 4.79 Å². The summed E-state index contributed by atoms with van der Waals surface area (Å²) in [7, 11) is 3.19. The number of hydrogen-bond donors (Lipinski definition) is 1. The number of hydrogen-bond acceptors (Lipinski definition) is 3. The van der Waals surface area contributed by atoms with Crippen molar-refractivity contribution in [1.82, 2.24) is 0 Å². The van der Waals surface area contributed by atoms with E-state index >= 15 is 0 Å². The molecule has 0 saturated carbocycles. The van der Waals surface area contributed by atoms with Crippen LogP contribution in [-0.2, 0) is 11.2 Å². The molecule has 0 fully saturated rings. The largest absolute Gasteiger partial charge is 0.497 e. The molecular formula is C12H17NO3. The van der Waals surface area contributed by atoms with Crippen LogP contribution in [0.4, 0.5) is 0 Å². The highest BCUT2D eigenvalue weighted by atomic mass is 16.5. The molecule has 0 radical (unpaired) electrons. The average molecular weight is 223 g/mol. The van der Waals surface area contributed by atoms with E-state index in [1.165, 1.54) is 0 Å². The second kappa shape index (κ2) is 5.39. The van der Waals surface area contributed by atoms with E-state index in [4.69, 9.17) is 15.2 Å². The highest BCUT2D eigenvalue weighted by Gasteiger charge is 2.11. The summed E-state index contributed by atoms with van der Waals surface area (Å²) in [6.45, 7) is 1.80. The Bertz CT molecular complexity index is 354. The van der Waals surface area contributed by atoms with Crippen molar-refractivity contribution < 1.29 is 14.3 Å². The van der Waals surface area contributed by atoms with Gasteiger partial charge in [0.05, 0.1) is 14.2 Å². The molecule has 0 aliphatic heterocycles. The summed E-state index contributed by atoms with van der Waals surface area (Å²) >= 11 is 0. The van der Waals surface area contributed by atoms with Crippen LogP contribution in [0.2, 0.25) is 0 Å². The minimum atomic E-state index is -0.304. The lowest BCUT2D eigenvalue weighted by molar-refractivity contribution is -0.121. The van der Waals surface area contributed by atoms with Crippen molar-refractivity contribution in [2.24, 2.45) is 11.7 Å². The quantitative estimate of drug-likeness (QED) is 0.820. The molecule has 1 aromatic carbocycles. The van der Waals surface area contributed by atoms with Crippen LogP contribution < -0.4 is 15.2 Å². The summed E-state index contributed by atoms with van der Waals surface area (Å²) < 4.78 is 10.3. The Labute approximate surface area is 95.3 Å². The van der Waals surface area contributed by atoms with Gasteiger partial charge in [0.25, 0.3) is 0 Å². The number of primary amides is 1. The second-order valence-electron chi connectivity index (χ2n) is 3.73. The van der Waals surface area contributed by atoms with Crippen LogP contribution >= 0.6 is 0 Å². The topological polar surface area (TPSA) is 61.5 Å². The standard InChI is InChI=1S/C12H17NO3/c1-8(12(13)14)4-9-5-10(15-2)7-11(6-9)16-3/h5-8H,4H2,1-3H3,(H2,13,14). The van der Waals surface area contributed by atoms with Gasteiger partial charge in [0, 0.05) is 12.0 Å². The molecule has 4 nitrogen and oxygen atoms in total. The van der Waals surface area contributed by atoms with Gasteiger partial charge in [0.2, 0.25) is 5.91 Å². The molecule has 0 heterocycles. The van der Waals surface area contributed by atoms with Crippen LogP contribution in [0.15, 0.2) is 18.2 Å². The monoisotopic (exact) mass is 223 g/mol. The Hall–Kier alpha value is -1.71. The van der Waals surface area contributed by atoms with Crippen molar-refractivity contribution in [2.75, 3.05) is 14.2 Å². The lowest BCUT2D eigenvalue weighted by Gasteiger charge is -2.10. The number of ether oxygens (including phenoxy) is 2. The Morgan fingerprint density at radius 3 is 2.12 bits per heavy atom. The van der Waals surface area contributed by atoms with E-state index in [2.05, 4.69) is 0 Å². The van der Waals surface area contributed by atoms with Crippen molar-refractivity contribution in [1.29, 1.82) is 0 Å². The zero-order chi connectivity index (χ0) is 12.1. The van der Waals surface area contributed by atoms with Gasteiger partial charge in [-0.1, -0.05) is 6.92 Å². The second-order valence-corrected chi connectivity index (χ2v) is 3.73. The molecule has 2 N–H and O–H groups in total. The first kappa shape index (κ1) is 12.4. The first-order chi connectivity index (χ1) is 7.56. The van der Waals surface area contributed by atoms with Crippen LogP contribution in [0.5, 0.6) is 11.5 Å². The number of rotatable bonds is 5. The summed E-state index contributed by atoms with van der Waals surface area (Å²) in [6, 6.07) is 5.54. The number of carbonyl (C=O) groups excluding carboxylic acids is 1. The maximum absolute atomic E-state index is 11.0. The number of carbonyl (C=O) groups is 1. The molecule has 16 heavy (non-hydrogen) atoms. The SMILES string of the molecule is COc1cc(CC(C)C(N)=O)cc(OC)c1. The summed E-state index contributed by atoms with van der Waals surface area (Å²) in [5.74, 6) is 0.927. The van der Waals surface area contributed by atoms with Gasteiger partial charge in [0.15, 0.2) is 0 Å². The third-order valence-electron chi connectivity index (χ3n) is 2.44. The minimum Gasteiger partial charge on any atom is -0.497 e. The fourth-order valence-corrected chi connectivity index (χ4v) is 1.44. The van der Waals surface area contributed by atoms with Gasteiger partial charge < -0.3 is 15.2 Å². The maximum Gasteiger partial charge on any atom is 0.220 e. The van der Waals surface area contributed by atoms with Gasteiger partial charge in [0.1, 0.15) is 11.5 Å². The van der Waals surface area contributed by atoms with Crippen molar-refractivity contribution in [3.05, 3.63) is 23.8 Å². The molecule has 1 unspecified atom stereocenters. The zero-order valence-electron chi connectivity index (χ0n) is 9.82. The summed E-state index contributed by atoms with van der Waals surface area (Å²) in [4.78, 5) is 11.0. The molecule has 1 amide bonds. The molecule has 0 spiro atoms. The van der Waals surface area contributed by atoms with E-state index in [0.717, 1.165) is 5.56 Å². The van der Waals surface area contributed by atoms with Crippen LogP contribution in [0.25, 0.3) is 0 Å². The highest BCUT2D eigenvalue weighted by Crippen LogP contribution is 2.24. The number of amides is 1. The van der Waals surface area contributed by atoms with E-state index in [1.807, 2.05) is 12.1 Å². The third-order valence-corrected chi connectivity index (χ3v) is 2.44. The summed E-state index contributed by atoms with van der Waals surface area (Å²) in [6.07, 6.45) is 0.586. The normalized spacial score (nSPS) is 11.9. The lowest BCUT2D eigenvalue weighted by atomic mass is 10.0. The average Bonchev–Trinajstić information content (AvgIpc) is 2.28. The molecular weight excluding hydrogens is 206 g/mol. The molecule has 0 bridgehead atoms. The summed E-state index contributed by atoms with van der Waals surface area (Å²) in [5, 5.41) is 0. The van der Waals surface area contributed by atoms with E-state index in [-0.39, 0.29) is 11.8 Å². The highest BCUT2D eigenvalue weighted by molar-refractivity contribution is 5.76.